The molecule has 124 valence electrons. The fourth-order valence-corrected chi connectivity index (χ4v) is 3.00. The fourth-order valence-electron chi connectivity index (χ4n) is 2.47. The molecule has 7 heteroatoms. The predicted molar refractivity (Wildman–Crippen MR) is 85.5 cm³/mol. The number of nitrogens with zero attached hydrogens (tertiary/aromatic N) is 3. The number of alkyl halides is 1. The molecule has 0 aliphatic carbocycles. The summed E-state index contributed by atoms with van der Waals surface area (Å²) >= 11 is 3.30. The van der Waals surface area contributed by atoms with Crippen molar-refractivity contribution in [2.75, 3.05) is 13.1 Å². The highest BCUT2D eigenvalue weighted by molar-refractivity contribution is 9.10. The molecule has 2 heterocycles. The van der Waals surface area contributed by atoms with Crippen molar-refractivity contribution in [1.29, 1.82) is 0 Å². The van der Waals surface area contributed by atoms with Crippen LogP contribution < -0.4 is 0 Å². The van der Waals surface area contributed by atoms with E-state index < -0.39 is 11.3 Å². The summed E-state index contributed by atoms with van der Waals surface area (Å²) in [6.45, 7) is 8.33. The molecule has 1 aliphatic heterocycles. The van der Waals surface area contributed by atoms with Crippen molar-refractivity contribution in [2.45, 2.75) is 58.4 Å². The number of amides is 1. The highest BCUT2D eigenvalue weighted by Gasteiger charge is 2.38. The van der Waals surface area contributed by atoms with Crippen LogP contribution in [0.2, 0.25) is 0 Å². The Bertz CT molecular complexity index is 545. The monoisotopic (exact) mass is 375 g/mol. The third-order valence-corrected chi connectivity index (χ3v) is 4.08. The SMILES string of the molecule is Cc1cc(Br)nn1CC1(F)CCN(C(=O)OC(C)(C)C)CC1. The van der Waals surface area contributed by atoms with Crippen LogP contribution in [0.1, 0.15) is 39.3 Å². The van der Waals surface area contributed by atoms with E-state index in [2.05, 4.69) is 21.0 Å². The van der Waals surface area contributed by atoms with Crippen molar-refractivity contribution >= 4 is 22.0 Å². The second-order valence-corrected chi connectivity index (χ2v) is 7.70. The summed E-state index contributed by atoms with van der Waals surface area (Å²) < 4.78 is 22.7. The number of hydrogen-bond donors (Lipinski definition) is 0. The number of ether oxygens (including phenoxy) is 1. The molecule has 0 aromatic carbocycles. The van der Waals surface area contributed by atoms with Gasteiger partial charge in [0, 0.05) is 31.6 Å². The third kappa shape index (κ3) is 4.44. The van der Waals surface area contributed by atoms with E-state index in [-0.39, 0.29) is 12.6 Å². The van der Waals surface area contributed by atoms with Gasteiger partial charge in [0.15, 0.2) is 0 Å². The average molecular weight is 376 g/mol. The Hall–Kier alpha value is -1.11. The quantitative estimate of drug-likeness (QED) is 0.791. The number of likely N-dealkylation sites (tertiary alicyclic amines) is 1. The van der Waals surface area contributed by atoms with E-state index in [1.807, 2.05) is 33.8 Å². The minimum Gasteiger partial charge on any atom is -0.444 e. The molecule has 1 aliphatic rings. The number of carbonyl (C=O) groups excluding carboxylic acids is 1. The first-order valence-corrected chi connectivity index (χ1v) is 8.24. The molecule has 0 bridgehead atoms. The molecule has 0 atom stereocenters. The minimum absolute atomic E-state index is 0.215. The van der Waals surface area contributed by atoms with Gasteiger partial charge in [-0.05, 0) is 49.7 Å². The lowest BCUT2D eigenvalue weighted by molar-refractivity contribution is -0.00152. The van der Waals surface area contributed by atoms with Crippen molar-refractivity contribution in [3.63, 3.8) is 0 Å². The summed E-state index contributed by atoms with van der Waals surface area (Å²) in [5.41, 5.74) is -0.951. The van der Waals surface area contributed by atoms with Gasteiger partial charge in [-0.3, -0.25) is 4.68 Å². The van der Waals surface area contributed by atoms with Crippen LogP contribution >= 0.6 is 15.9 Å². The molecular weight excluding hydrogens is 353 g/mol. The van der Waals surface area contributed by atoms with Gasteiger partial charge < -0.3 is 9.64 Å². The van der Waals surface area contributed by atoms with E-state index in [0.29, 0.717) is 30.5 Å². The van der Waals surface area contributed by atoms with Crippen LogP contribution in [0.25, 0.3) is 0 Å². The number of piperidine rings is 1. The van der Waals surface area contributed by atoms with E-state index in [9.17, 15) is 9.18 Å². The van der Waals surface area contributed by atoms with Crippen LogP contribution in [0, 0.1) is 6.92 Å². The van der Waals surface area contributed by atoms with Crippen LogP contribution in [0.15, 0.2) is 10.7 Å². The maximum Gasteiger partial charge on any atom is 0.410 e. The predicted octanol–water partition coefficient (Wildman–Crippen LogP) is 3.69. The second kappa shape index (κ2) is 6.18. The lowest BCUT2D eigenvalue weighted by Crippen LogP contribution is -2.48. The molecule has 0 unspecified atom stereocenters. The number of rotatable bonds is 2. The van der Waals surface area contributed by atoms with E-state index in [4.69, 9.17) is 4.74 Å². The van der Waals surface area contributed by atoms with Crippen molar-refractivity contribution in [1.82, 2.24) is 14.7 Å². The minimum atomic E-state index is -1.34. The van der Waals surface area contributed by atoms with Crippen LogP contribution in [-0.4, -0.2) is 45.1 Å². The summed E-state index contributed by atoms with van der Waals surface area (Å²) in [5, 5.41) is 4.24. The molecule has 0 N–H and O–H groups in total. The van der Waals surface area contributed by atoms with E-state index >= 15 is 0 Å². The number of hydrogen-bond acceptors (Lipinski definition) is 3. The van der Waals surface area contributed by atoms with Crippen molar-refractivity contribution < 1.29 is 13.9 Å². The van der Waals surface area contributed by atoms with Crippen LogP contribution in [0.4, 0.5) is 9.18 Å². The van der Waals surface area contributed by atoms with Gasteiger partial charge in [0.05, 0.1) is 6.54 Å². The molecule has 0 spiro atoms. The van der Waals surface area contributed by atoms with Gasteiger partial charge in [-0.2, -0.15) is 5.10 Å². The van der Waals surface area contributed by atoms with Crippen molar-refractivity contribution in [3.8, 4) is 0 Å². The molecule has 1 saturated heterocycles. The largest absolute Gasteiger partial charge is 0.444 e. The number of aromatic nitrogens is 2. The Morgan fingerprint density at radius 2 is 2.05 bits per heavy atom. The van der Waals surface area contributed by atoms with E-state index in [1.165, 1.54) is 0 Å². The van der Waals surface area contributed by atoms with E-state index in [0.717, 1.165) is 5.69 Å². The average Bonchev–Trinajstić information content (AvgIpc) is 2.65. The van der Waals surface area contributed by atoms with Crippen LogP contribution in [-0.2, 0) is 11.3 Å². The third-order valence-electron chi connectivity index (χ3n) is 3.70. The zero-order chi connectivity index (χ0) is 16.5. The Kier molecular flexibility index (Phi) is 4.84. The summed E-state index contributed by atoms with van der Waals surface area (Å²) in [6.07, 6.45) is 0.222. The Labute approximate surface area is 138 Å². The summed E-state index contributed by atoms with van der Waals surface area (Å²) in [4.78, 5) is 13.6. The van der Waals surface area contributed by atoms with Crippen molar-refractivity contribution in [3.05, 3.63) is 16.4 Å². The zero-order valence-corrected chi connectivity index (χ0v) is 15.1. The lowest BCUT2D eigenvalue weighted by atomic mass is 9.93. The molecule has 22 heavy (non-hydrogen) atoms. The molecule has 0 saturated carbocycles. The van der Waals surface area contributed by atoms with Gasteiger partial charge in [0.1, 0.15) is 15.9 Å². The van der Waals surface area contributed by atoms with Gasteiger partial charge >= 0.3 is 6.09 Å². The summed E-state index contributed by atoms with van der Waals surface area (Å²) in [5.74, 6) is 0. The first-order chi connectivity index (χ1) is 10.1. The fraction of sp³-hybridized carbons (Fsp3) is 0.733. The maximum atomic E-state index is 15.0. The first-order valence-electron chi connectivity index (χ1n) is 7.45. The Morgan fingerprint density at radius 3 is 2.50 bits per heavy atom. The molecule has 5 nitrogen and oxygen atoms in total. The summed E-state index contributed by atoms with van der Waals surface area (Å²) in [6, 6.07) is 1.86. The van der Waals surface area contributed by atoms with Crippen LogP contribution in [0.3, 0.4) is 0 Å². The maximum absolute atomic E-state index is 15.0. The Morgan fingerprint density at radius 1 is 1.45 bits per heavy atom. The topological polar surface area (TPSA) is 47.4 Å². The molecule has 1 aromatic heterocycles. The molecule has 1 amide bonds. The first kappa shape index (κ1) is 17.2. The molecular formula is C15H23BrFN3O2. The number of halogens is 2. The Balaban J connectivity index is 1.93. The molecule has 1 fully saturated rings. The van der Waals surface area contributed by atoms with Crippen molar-refractivity contribution in [2.24, 2.45) is 0 Å². The number of carbonyl (C=O) groups is 1. The normalized spacial score (nSPS) is 18.4. The van der Waals surface area contributed by atoms with Gasteiger partial charge in [-0.25, -0.2) is 9.18 Å². The van der Waals surface area contributed by atoms with Gasteiger partial charge in [0.25, 0.3) is 0 Å². The molecule has 0 radical (unpaired) electrons. The summed E-state index contributed by atoms with van der Waals surface area (Å²) in [7, 11) is 0. The standard InChI is InChI=1S/C15H23BrFN3O2/c1-11-9-12(16)18-20(11)10-15(17)5-7-19(8-6-15)13(21)22-14(2,3)4/h9H,5-8,10H2,1-4H3. The van der Waals surface area contributed by atoms with Gasteiger partial charge in [0.2, 0.25) is 0 Å². The van der Waals surface area contributed by atoms with Gasteiger partial charge in [-0.1, -0.05) is 0 Å². The second-order valence-electron chi connectivity index (χ2n) is 6.88. The highest BCUT2D eigenvalue weighted by Crippen LogP contribution is 2.30. The number of aryl methyl sites for hydroxylation is 1. The molecule has 2 rings (SSSR count). The lowest BCUT2D eigenvalue weighted by Gasteiger charge is -2.37. The van der Waals surface area contributed by atoms with Crippen LogP contribution in [0.5, 0.6) is 0 Å². The zero-order valence-electron chi connectivity index (χ0n) is 13.5. The highest BCUT2D eigenvalue weighted by atomic mass is 79.9. The molecule has 1 aromatic rings. The smallest absolute Gasteiger partial charge is 0.410 e. The van der Waals surface area contributed by atoms with Gasteiger partial charge in [-0.15, -0.1) is 0 Å². The van der Waals surface area contributed by atoms with E-state index in [1.54, 1.807) is 9.58 Å².